The number of benzene rings is 1. The molecule has 0 atom stereocenters. The van der Waals surface area contributed by atoms with Crippen LogP contribution in [0, 0.1) is 0 Å². The minimum absolute atomic E-state index is 0.220. The average Bonchev–Trinajstić information content (AvgIpc) is 2.86. The number of unbranched alkanes of at least 4 members (excludes halogenated alkanes) is 1. The third kappa shape index (κ3) is 2.40. The van der Waals surface area contributed by atoms with Crippen LogP contribution in [-0.4, -0.2) is 24.9 Å². The van der Waals surface area contributed by atoms with Gasteiger partial charge in [-0.05, 0) is 30.7 Å². The van der Waals surface area contributed by atoms with Crippen molar-refractivity contribution in [1.82, 2.24) is 19.7 Å². The number of hydrogen-bond acceptors (Lipinski definition) is 5. The Kier molecular flexibility index (Phi) is 3.43. The van der Waals surface area contributed by atoms with Crippen LogP contribution >= 0.6 is 0 Å². The number of anilines is 1. The summed E-state index contributed by atoms with van der Waals surface area (Å²) in [5, 5.41) is 14.8. The number of fused-ring (bicyclic) bond motifs is 1. The number of nitrogens with zero attached hydrogens (tertiary/aromatic N) is 4. The highest BCUT2D eigenvalue weighted by molar-refractivity contribution is 5.98. The van der Waals surface area contributed by atoms with Gasteiger partial charge in [-0.3, -0.25) is 0 Å². The largest absolute Gasteiger partial charge is 0.508 e. The molecular weight excluding hydrogens is 266 g/mol. The maximum absolute atomic E-state index is 9.42. The van der Waals surface area contributed by atoms with E-state index in [4.69, 9.17) is 5.73 Å². The molecule has 3 aromatic rings. The van der Waals surface area contributed by atoms with E-state index in [0.717, 1.165) is 41.7 Å². The second-order valence-electron chi connectivity index (χ2n) is 4.93. The lowest BCUT2D eigenvalue weighted by Crippen LogP contribution is -2.01. The number of hydrogen-bond donors (Lipinski definition) is 2. The summed E-state index contributed by atoms with van der Waals surface area (Å²) in [7, 11) is 0. The quantitative estimate of drug-likeness (QED) is 0.768. The van der Waals surface area contributed by atoms with Gasteiger partial charge in [0.2, 0.25) is 0 Å². The molecule has 21 heavy (non-hydrogen) atoms. The van der Waals surface area contributed by atoms with E-state index in [1.807, 2.05) is 16.8 Å². The Bertz CT molecular complexity index is 764. The second kappa shape index (κ2) is 5.40. The molecule has 0 spiro atoms. The Labute approximate surface area is 122 Å². The zero-order valence-electron chi connectivity index (χ0n) is 11.8. The summed E-state index contributed by atoms with van der Waals surface area (Å²) in [4.78, 5) is 8.39. The van der Waals surface area contributed by atoms with E-state index in [0.29, 0.717) is 5.82 Å². The minimum atomic E-state index is 0.220. The Morgan fingerprint density at radius 2 is 1.95 bits per heavy atom. The molecule has 0 unspecified atom stereocenters. The molecule has 6 nitrogen and oxygen atoms in total. The first-order valence-electron chi connectivity index (χ1n) is 6.97. The summed E-state index contributed by atoms with van der Waals surface area (Å²) < 4.78 is 1.87. The zero-order chi connectivity index (χ0) is 14.8. The van der Waals surface area contributed by atoms with Gasteiger partial charge in [0.25, 0.3) is 0 Å². The molecule has 108 valence electrons. The van der Waals surface area contributed by atoms with E-state index in [2.05, 4.69) is 22.0 Å². The van der Waals surface area contributed by atoms with E-state index in [9.17, 15) is 5.11 Å². The molecule has 3 rings (SSSR count). The van der Waals surface area contributed by atoms with Gasteiger partial charge in [-0.15, -0.1) is 0 Å². The molecule has 3 N–H and O–H groups in total. The Morgan fingerprint density at radius 1 is 1.19 bits per heavy atom. The number of rotatable bonds is 4. The van der Waals surface area contributed by atoms with E-state index in [1.54, 1.807) is 12.1 Å². The van der Waals surface area contributed by atoms with Crippen molar-refractivity contribution >= 4 is 16.9 Å². The molecule has 0 bridgehead atoms. The van der Waals surface area contributed by atoms with Crippen LogP contribution in [0.4, 0.5) is 5.82 Å². The monoisotopic (exact) mass is 283 g/mol. The molecule has 2 heterocycles. The van der Waals surface area contributed by atoms with Gasteiger partial charge in [-0.1, -0.05) is 13.3 Å². The third-order valence-electron chi connectivity index (χ3n) is 3.42. The Morgan fingerprint density at radius 3 is 2.67 bits per heavy atom. The lowest BCUT2D eigenvalue weighted by Gasteiger charge is -2.00. The van der Waals surface area contributed by atoms with Crippen molar-refractivity contribution in [3.05, 3.63) is 30.6 Å². The Hall–Kier alpha value is -2.63. The van der Waals surface area contributed by atoms with Crippen LogP contribution in [0.3, 0.4) is 0 Å². The molecule has 0 saturated carbocycles. The van der Waals surface area contributed by atoms with E-state index in [-0.39, 0.29) is 5.75 Å². The fourth-order valence-electron chi connectivity index (χ4n) is 2.32. The molecular formula is C15H17N5O. The van der Waals surface area contributed by atoms with Crippen LogP contribution in [0.2, 0.25) is 0 Å². The number of aromatic hydroxyl groups is 1. The van der Waals surface area contributed by atoms with Crippen LogP contribution in [-0.2, 0) is 6.54 Å². The fraction of sp³-hybridized carbons (Fsp3) is 0.267. The molecule has 1 aromatic carbocycles. The molecule has 0 aliphatic rings. The molecule has 0 aliphatic heterocycles. The maximum atomic E-state index is 9.42. The number of phenols is 1. The lowest BCUT2D eigenvalue weighted by atomic mass is 10.1. The molecule has 0 fully saturated rings. The number of aromatic nitrogens is 4. The summed E-state index contributed by atoms with van der Waals surface area (Å²) in [6.07, 6.45) is 3.56. The number of nitrogen functional groups attached to an aromatic ring is 1. The topological polar surface area (TPSA) is 89.8 Å². The van der Waals surface area contributed by atoms with Crippen LogP contribution in [0.5, 0.6) is 5.75 Å². The molecule has 0 radical (unpaired) electrons. The molecule has 0 amide bonds. The average molecular weight is 283 g/mol. The number of nitrogens with two attached hydrogens (primary N) is 1. The first-order chi connectivity index (χ1) is 10.2. The number of phenolic OH excluding ortho intramolecular Hbond substituents is 1. The summed E-state index contributed by atoms with van der Waals surface area (Å²) in [6, 6.07) is 6.89. The Balaban J connectivity index is 2.19. The summed E-state index contributed by atoms with van der Waals surface area (Å²) in [5.74, 6) is 0.642. The van der Waals surface area contributed by atoms with Gasteiger partial charge >= 0.3 is 0 Å². The van der Waals surface area contributed by atoms with Gasteiger partial charge < -0.3 is 10.8 Å². The third-order valence-corrected chi connectivity index (χ3v) is 3.42. The van der Waals surface area contributed by atoms with Crippen molar-refractivity contribution in [2.75, 3.05) is 5.73 Å². The highest BCUT2D eigenvalue weighted by Crippen LogP contribution is 2.30. The lowest BCUT2D eigenvalue weighted by molar-refractivity contribution is 0.475. The van der Waals surface area contributed by atoms with Gasteiger partial charge in [0, 0.05) is 12.1 Å². The summed E-state index contributed by atoms with van der Waals surface area (Å²) in [6.45, 7) is 2.93. The van der Waals surface area contributed by atoms with Crippen molar-refractivity contribution in [2.45, 2.75) is 26.3 Å². The summed E-state index contributed by atoms with van der Waals surface area (Å²) >= 11 is 0. The zero-order valence-corrected chi connectivity index (χ0v) is 11.8. The maximum Gasteiger partial charge on any atom is 0.163 e. The van der Waals surface area contributed by atoms with Crippen molar-refractivity contribution in [2.24, 2.45) is 0 Å². The molecule has 6 heteroatoms. The van der Waals surface area contributed by atoms with Crippen molar-refractivity contribution in [3.63, 3.8) is 0 Å². The predicted molar refractivity (Wildman–Crippen MR) is 81.7 cm³/mol. The number of aryl methyl sites for hydroxylation is 1. The first-order valence-corrected chi connectivity index (χ1v) is 6.97. The first kappa shape index (κ1) is 13.4. The molecule has 0 aliphatic carbocycles. The van der Waals surface area contributed by atoms with Gasteiger partial charge in [0.1, 0.15) is 23.6 Å². The molecule has 2 aromatic heterocycles. The molecule has 0 saturated heterocycles. The van der Waals surface area contributed by atoms with Gasteiger partial charge in [-0.2, -0.15) is 5.10 Å². The predicted octanol–water partition coefficient (Wildman–Crippen LogP) is 2.58. The van der Waals surface area contributed by atoms with Gasteiger partial charge in [0.05, 0.1) is 5.39 Å². The normalized spacial score (nSPS) is 11.1. The van der Waals surface area contributed by atoms with Crippen molar-refractivity contribution in [1.29, 1.82) is 0 Å². The van der Waals surface area contributed by atoms with Gasteiger partial charge in [0.15, 0.2) is 5.65 Å². The second-order valence-corrected chi connectivity index (χ2v) is 4.93. The van der Waals surface area contributed by atoms with Crippen LogP contribution < -0.4 is 5.73 Å². The standard InChI is InChI=1S/C15H17N5O/c1-2-3-8-20-15-12(14(16)17-9-18-15)13(19-20)10-4-6-11(21)7-5-10/h4-7,9,21H,2-3,8H2,1H3,(H2,16,17,18). The minimum Gasteiger partial charge on any atom is -0.508 e. The van der Waals surface area contributed by atoms with E-state index in [1.165, 1.54) is 6.33 Å². The van der Waals surface area contributed by atoms with Crippen LogP contribution in [0.15, 0.2) is 30.6 Å². The van der Waals surface area contributed by atoms with Crippen molar-refractivity contribution in [3.8, 4) is 17.0 Å². The van der Waals surface area contributed by atoms with Crippen LogP contribution in [0.25, 0.3) is 22.3 Å². The van der Waals surface area contributed by atoms with E-state index >= 15 is 0 Å². The van der Waals surface area contributed by atoms with Crippen molar-refractivity contribution < 1.29 is 5.11 Å². The summed E-state index contributed by atoms with van der Waals surface area (Å²) in [5.41, 5.74) is 8.39. The van der Waals surface area contributed by atoms with Gasteiger partial charge in [-0.25, -0.2) is 14.6 Å². The fourth-order valence-corrected chi connectivity index (χ4v) is 2.32. The smallest absolute Gasteiger partial charge is 0.163 e. The van der Waals surface area contributed by atoms with Crippen LogP contribution in [0.1, 0.15) is 19.8 Å². The highest BCUT2D eigenvalue weighted by atomic mass is 16.3. The SMILES string of the molecule is CCCCn1nc(-c2ccc(O)cc2)c2c(N)ncnc21. The highest BCUT2D eigenvalue weighted by Gasteiger charge is 2.16. The van der Waals surface area contributed by atoms with E-state index < -0.39 is 0 Å².